The number of esters is 1. The van der Waals surface area contributed by atoms with Crippen LogP contribution in [0.5, 0.6) is 0 Å². The molecule has 0 atom stereocenters. The highest BCUT2D eigenvalue weighted by atomic mass is 35.5. The maximum absolute atomic E-state index is 11.9. The second kappa shape index (κ2) is 7.51. The molecule has 0 saturated carbocycles. The highest BCUT2D eigenvalue weighted by Crippen LogP contribution is 2.20. The Balaban J connectivity index is 2.03. The van der Waals surface area contributed by atoms with Crippen molar-refractivity contribution in [2.45, 2.75) is 11.3 Å². The van der Waals surface area contributed by atoms with Crippen LogP contribution >= 0.6 is 11.6 Å². The Morgan fingerprint density at radius 2 is 1.78 bits per heavy atom. The van der Waals surface area contributed by atoms with E-state index in [0.717, 1.165) is 11.3 Å². The average Bonchev–Trinajstić information content (AvgIpc) is 3.06. The molecule has 3 aromatic rings. The van der Waals surface area contributed by atoms with Crippen molar-refractivity contribution in [3.8, 4) is 5.69 Å². The van der Waals surface area contributed by atoms with Crippen molar-refractivity contribution in [3.05, 3.63) is 76.6 Å². The Bertz CT molecular complexity index is 1070. The van der Waals surface area contributed by atoms with Gasteiger partial charge in [-0.1, -0.05) is 23.7 Å². The zero-order valence-corrected chi connectivity index (χ0v) is 15.9. The first-order chi connectivity index (χ1) is 12.8. The fourth-order valence-corrected chi connectivity index (χ4v) is 3.20. The monoisotopic (exact) mass is 405 g/mol. The van der Waals surface area contributed by atoms with Crippen LogP contribution in [0.3, 0.4) is 0 Å². The topological polar surface area (TPSA) is 104 Å². The van der Waals surface area contributed by atoms with Crippen molar-refractivity contribution in [1.82, 2.24) is 9.78 Å². The molecule has 0 aliphatic carbocycles. The molecule has 0 radical (unpaired) electrons. The number of hydrogen-bond acceptors (Lipinski definition) is 5. The maximum atomic E-state index is 11.9. The summed E-state index contributed by atoms with van der Waals surface area (Å²) in [7, 11) is -2.51. The Morgan fingerprint density at radius 3 is 2.33 bits per heavy atom. The van der Waals surface area contributed by atoms with Gasteiger partial charge in [-0.25, -0.2) is 23.0 Å². The van der Waals surface area contributed by atoms with Crippen LogP contribution in [0.4, 0.5) is 0 Å². The van der Waals surface area contributed by atoms with Gasteiger partial charge in [0.25, 0.3) is 0 Å². The third-order valence-electron chi connectivity index (χ3n) is 3.89. The molecule has 2 aromatic carbocycles. The number of aromatic nitrogens is 2. The second-order valence-electron chi connectivity index (χ2n) is 5.77. The molecule has 1 aromatic heterocycles. The van der Waals surface area contributed by atoms with Crippen molar-refractivity contribution < 1.29 is 17.9 Å². The van der Waals surface area contributed by atoms with E-state index in [9.17, 15) is 13.2 Å². The van der Waals surface area contributed by atoms with Gasteiger partial charge in [-0.05, 0) is 48.0 Å². The lowest BCUT2D eigenvalue weighted by atomic mass is 10.1. The molecule has 0 bridgehead atoms. The first kappa shape index (κ1) is 19.1. The molecule has 7 nitrogen and oxygen atoms in total. The Labute approximate surface area is 161 Å². The highest BCUT2D eigenvalue weighted by Gasteiger charge is 2.17. The summed E-state index contributed by atoms with van der Waals surface area (Å²) in [6, 6.07) is 14.8. The minimum Gasteiger partial charge on any atom is -0.464 e. The number of sulfonamides is 1. The van der Waals surface area contributed by atoms with Gasteiger partial charge >= 0.3 is 5.97 Å². The molecule has 0 fully saturated rings. The van der Waals surface area contributed by atoms with E-state index < -0.39 is 16.0 Å². The number of carbonyl (C=O) groups is 1. The van der Waals surface area contributed by atoms with E-state index in [1.54, 1.807) is 35.0 Å². The predicted molar refractivity (Wildman–Crippen MR) is 101 cm³/mol. The van der Waals surface area contributed by atoms with Crippen LogP contribution in [-0.4, -0.2) is 31.3 Å². The lowest BCUT2D eigenvalue weighted by Gasteiger charge is -2.08. The van der Waals surface area contributed by atoms with Gasteiger partial charge in [0.05, 0.1) is 17.7 Å². The molecule has 0 unspecified atom stereocenters. The Hall–Kier alpha value is -2.68. The minimum absolute atomic E-state index is 0.00847. The molecule has 9 heteroatoms. The molecule has 2 N–H and O–H groups in total. The predicted octanol–water partition coefficient (Wildman–Crippen LogP) is 2.55. The number of benzene rings is 2. The van der Waals surface area contributed by atoms with Crippen molar-refractivity contribution >= 4 is 27.6 Å². The van der Waals surface area contributed by atoms with Crippen molar-refractivity contribution in [2.24, 2.45) is 5.14 Å². The molecule has 0 aliphatic rings. The number of carbonyl (C=O) groups excluding carboxylic acids is 1. The number of ether oxygens (including phenoxy) is 1. The average molecular weight is 406 g/mol. The van der Waals surface area contributed by atoms with Crippen LogP contribution in [0.1, 0.15) is 21.7 Å². The summed E-state index contributed by atoms with van der Waals surface area (Å²) in [6.07, 6.45) is 0.484. The van der Waals surface area contributed by atoms with Crippen LogP contribution in [0.2, 0.25) is 5.02 Å². The van der Waals surface area contributed by atoms with Crippen molar-refractivity contribution in [3.63, 3.8) is 0 Å². The molecule has 27 heavy (non-hydrogen) atoms. The lowest BCUT2D eigenvalue weighted by Crippen LogP contribution is -2.12. The van der Waals surface area contributed by atoms with Crippen LogP contribution in [0, 0.1) is 0 Å². The normalized spacial score (nSPS) is 11.4. The summed E-state index contributed by atoms with van der Waals surface area (Å²) >= 11 is 5.92. The van der Waals surface area contributed by atoms with E-state index >= 15 is 0 Å². The molecule has 0 amide bonds. The van der Waals surface area contributed by atoms with Gasteiger partial charge in [0.15, 0.2) is 5.69 Å². The third kappa shape index (κ3) is 4.36. The van der Waals surface area contributed by atoms with E-state index in [0.29, 0.717) is 17.1 Å². The number of nitrogens with zero attached hydrogens (tertiary/aromatic N) is 2. The molecule has 0 aliphatic heterocycles. The van der Waals surface area contributed by atoms with Gasteiger partial charge in [-0.15, -0.1) is 0 Å². The van der Waals surface area contributed by atoms with Gasteiger partial charge in [0.2, 0.25) is 10.0 Å². The van der Waals surface area contributed by atoms with E-state index in [-0.39, 0.29) is 10.6 Å². The van der Waals surface area contributed by atoms with E-state index in [1.807, 2.05) is 12.1 Å². The Kier molecular flexibility index (Phi) is 5.31. The number of nitrogens with two attached hydrogens (primary N) is 1. The summed E-state index contributed by atoms with van der Waals surface area (Å²) < 4.78 is 29.2. The molecular weight excluding hydrogens is 390 g/mol. The first-order valence-corrected chi connectivity index (χ1v) is 9.75. The third-order valence-corrected chi connectivity index (χ3v) is 5.07. The number of halogens is 1. The van der Waals surface area contributed by atoms with E-state index in [2.05, 4.69) is 5.10 Å². The van der Waals surface area contributed by atoms with Gasteiger partial charge < -0.3 is 4.74 Å². The van der Waals surface area contributed by atoms with Crippen molar-refractivity contribution in [2.75, 3.05) is 7.11 Å². The molecule has 140 valence electrons. The molecular formula is C18H16ClN3O4S. The molecule has 1 heterocycles. The number of methoxy groups -OCH3 is 1. The number of primary sulfonamides is 1. The van der Waals surface area contributed by atoms with E-state index in [4.69, 9.17) is 21.5 Å². The van der Waals surface area contributed by atoms with Crippen LogP contribution in [-0.2, 0) is 21.2 Å². The highest BCUT2D eigenvalue weighted by molar-refractivity contribution is 7.89. The molecule has 3 rings (SSSR count). The zero-order chi connectivity index (χ0) is 19.6. The zero-order valence-electron chi connectivity index (χ0n) is 14.3. The largest absolute Gasteiger partial charge is 0.464 e. The lowest BCUT2D eigenvalue weighted by molar-refractivity contribution is 0.0593. The first-order valence-electron chi connectivity index (χ1n) is 7.83. The second-order valence-corrected chi connectivity index (χ2v) is 7.76. The fourth-order valence-electron chi connectivity index (χ4n) is 2.56. The van der Waals surface area contributed by atoms with Crippen LogP contribution in [0.15, 0.2) is 59.5 Å². The van der Waals surface area contributed by atoms with Gasteiger partial charge in [0.1, 0.15) is 0 Å². The summed E-state index contributed by atoms with van der Waals surface area (Å²) in [4.78, 5) is 11.9. The summed E-state index contributed by atoms with van der Waals surface area (Å²) in [5, 5.41) is 10.0. The maximum Gasteiger partial charge on any atom is 0.358 e. The van der Waals surface area contributed by atoms with Crippen molar-refractivity contribution in [1.29, 1.82) is 0 Å². The van der Waals surface area contributed by atoms with Crippen LogP contribution < -0.4 is 5.14 Å². The van der Waals surface area contributed by atoms with Gasteiger partial charge in [0, 0.05) is 17.1 Å². The van der Waals surface area contributed by atoms with E-state index in [1.165, 1.54) is 19.2 Å². The SMILES string of the molecule is COC(=O)c1cc(Cc2ccc(Cl)cc2)n(-c2ccc(S(N)(=O)=O)cc2)n1. The fraction of sp³-hybridized carbons (Fsp3) is 0.111. The quantitative estimate of drug-likeness (QED) is 0.657. The molecule has 0 spiro atoms. The van der Waals surface area contributed by atoms with Gasteiger partial charge in [-0.2, -0.15) is 5.10 Å². The molecule has 0 saturated heterocycles. The summed E-state index contributed by atoms with van der Waals surface area (Å²) in [5.74, 6) is -0.563. The number of rotatable bonds is 5. The number of hydrogen-bond donors (Lipinski definition) is 1. The smallest absolute Gasteiger partial charge is 0.358 e. The Morgan fingerprint density at radius 1 is 1.15 bits per heavy atom. The summed E-state index contributed by atoms with van der Waals surface area (Å²) in [6.45, 7) is 0. The summed E-state index contributed by atoms with van der Waals surface area (Å²) in [5.41, 5.74) is 2.43. The standard InChI is InChI=1S/C18H16ClN3O4S/c1-26-18(23)17-11-15(10-12-2-4-13(19)5-3-12)22(21-17)14-6-8-16(9-7-14)27(20,24)25/h2-9,11H,10H2,1H3,(H2,20,24,25). The minimum atomic E-state index is -3.79. The van der Waals surface area contributed by atoms with Crippen LogP contribution in [0.25, 0.3) is 5.69 Å². The van der Waals surface area contributed by atoms with Gasteiger partial charge in [-0.3, -0.25) is 0 Å².